The monoisotopic (exact) mass is 362 g/mol. The number of hydrogen-bond donors (Lipinski definition) is 0. The van der Waals surface area contributed by atoms with E-state index in [1.54, 1.807) is 0 Å². The molecule has 25 heavy (non-hydrogen) atoms. The Morgan fingerprint density at radius 1 is 0.920 bits per heavy atom. The van der Waals surface area contributed by atoms with Gasteiger partial charge in [0.15, 0.2) is 0 Å². The van der Waals surface area contributed by atoms with Gasteiger partial charge in [0.1, 0.15) is 11.3 Å². The summed E-state index contributed by atoms with van der Waals surface area (Å²) in [5.41, 5.74) is 4.31. The largest absolute Gasteiger partial charge is 0.611 e. The average molecular weight is 362 g/mol. The highest BCUT2D eigenvalue weighted by Crippen LogP contribution is 2.70. The molecule has 0 aromatic heterocycles. The van der Waals surface area contributed by atoms with Crippen molar-refractivity contribution in [2.24, 2.45) is 0 Å². The van der Waals surface area contributed by atoms with Crippen LogP contribution < -0.4 is 5.11 Å². The van der Waals surface area contributed by atoms with Gasteiger partial charge in [0, 0.05) is 5.56 Å². The summed E-state index contributed by atoms with van der Waals surface area (Å²) in [6, 6.07) is 10.4. The molecule has 2 nitrogen and oxygen atoms in total. The molecule has 3 heteroatoms. The number of rotatable bonds is 12. The fraction of sp³-hybridized carbons (Fsp3) is 0.591. The maximum absolute atomic E-state index is 12.1. The molecule has 140 valence electrons. The zero-order valence-electron chi connectivity index (χ0n) is 16.5. The van der Waals surface area contributed by atoms with Crippen LogP contribution in [-0.4, -0.2) is 25.6 Å². The van der Waals surface area contributed by atoms with Crippen molar-refractivity contribution in [1.29, 1.82) is 0 Å². The molecular weight excluding hydrogens is 327 g/mol. The highest BCUT2D eigenvalue weighted by molar-refractivity contribution is 7.85. The van der Waals surface area contributed by atoms with E-state index in [0.717, 1.165) is 10.9 Å². The molecule has 1 aromatic rings. The Kier molecular flexibility index (Phi) is 10.6. The third-order valence-corrected chi connectivity index (χ3v) is 9.58. The van der Waals surface area contributed by atoms with Crippen LogP contribution in [0.4, 0.5) is 0 Å². The van der Waals surface area contributed by atoms with Crippen LogP contribution in [0, 0.1) is 0 Å². The maximum Gasteiger partial charge on any atom is 0.144 e. The van der Waals surface area contributed by atoms with E-state index in [2.05, 4.69) is 50.8 Å². The molecule has 0 N–H and O–H groups in total. The Hall–Kier alpha value is -1.23. The van der Waals surface area contributed by atoms with Gasteiger partial charge in [-0.25, -0.2) is 0 Å². The van der Waals surface area contributed by atoms with E-state index in [0.29, 0.717) is 0 Å². The SMILES string of the molecule is CCCC[P+](CCCC)(CCCC)C(=C=C([O-])OC)c1ccccc1. The van der Waals surface area contributed by atoms with Crippen LogP contribution >= 0.6 is 7.26 Å². The van der Waals surface area contributed by atoms with Crippen molar-refractivity contribution in [1.82, 2.24) is 0 Å². The van der Waals surface area contributed by atoms with Gasteiger partial charge < -0.3 is 9.84 Å². The van der Waals surface area contributed by atoms with Crippen molar-refractivity contribution in [3.05, 3.63) is 47.6 Å². The molecule has 0 atom stereocenters. The van der Waals surface area contributed by atoms with Crippen molar-refractivity contribution in [3.8, 4) is 0 Å². The molecule has 0 amide bonds. The second kappa shape index (κ2) is 12.2. The number of unbranched alkanes of at least 4 members (excludes halogenated alkanes) is 3. The second-order valence-electron chi connectivity index (χ2n) is 6.71. The zero-order valence-corrected chi connectivity index (χ0v) is 17.4. The second-order valence-corrected chi connectivity index (χ2v) is 10.8. The molecular formula is C22H35O2P. The molecule has 0 unspecified atom stereocenters. The van der Waals surface area contributed by atoms with E-state index < -0.39 is 7.26 Å². The van der Waals surface area contributed by atoms with Gasteiger partial charge in [0.2, 0.25) is 0 Å². The van der Waals surface area contributed by atoms with Crippen LogP contribution in [0.25, 0.3) is 5.31 Å². The minimum absolute atomic E-state index is 0.340. The summed E-state index contributed by atoms with van der Waals surface area (Å²) >= 11 is 0. The number of ether oxygens (including phenoxy) is 1. The number of methoxy groups -OCH3 is 1. The van der Waals surface area contributed by atoms with Gasteiger partial charge in [-0.1, -0.05) is 76.1 Å². The zero-order chi connectivity index (χ0) is 18.5. The van der Waals surface area contributed by atoms with Crippen molar-refractivity contribution in [2.45, 2.75) is 59.3 Å². The summed E-state index contributed by atoms with van der Waals surface area (Å²) in [6.45, 7) is 6.76. The molecule has 0 spiro atoms. The Balaban J connectivity index is 3.51. The number of hydrogen-bond acceptors (Lipinski definition) is 2. The van der Waals surface area contributed by atoms with Crippen molar-refractivity contribution in [3.63, 3.8) is 0 Å². The third-order valence-electron chi connectivity index (χ3n) is 4.75. The molecule has 0 radical (unpaired) electrons. The van der Waals surface area contributed by atoms with Gasteiger partial charge in [0.05, 0.1) is 25.7 Å². The smallest absolute Gasteiger partial charge is 0.144 e. The molecule has 0 saturated carbocycles. The van der Waals surface area contributed by atoms with E-state index in [4.69, 9.17) is 4.74 Å². The molecule has 0 bridgehead atoms. The first kappa shape index (κ1) is 21.8. The van der Waals surface area contributed by atoms with E-state index >= 15 is 0 Å². The summed E-state index contributed by atoms with van der Waals surface area (Å²) in [6.07, 6.45) is 10.9. The maximum atomic E-state index is 12.1. The van der Waals surface area contributed by atoms with E-state index in [1.807, 2.05) is 6.07 Å². The Labute approximate surface area is 155 Å². The quantitative estimate of drug-likeness (QED) is 0.264. The van der Waals surface area contributed by atoms with Crippen LogP contribution in [0.3, 0.4) is 0 Å². The van der Waals surface area contributed by atoms with Crippen LogP contribution in [0.15, 0.2) is 42.0 Å². The lowest BCUT2D eigenvalue weighted by Gasteiger charge is -2.29. The Bertz CT molecular complexity index is 523. The van der Waals surface area contributed by atoms with Gasteiger partial charge in [-0.3, -0.25) is 0 Å². The van der Waals surface area contributed by atoms with Crippen LogP contribution in [0.1, 0.15) is 64.9 Å². The predicted octanol–water partition coefficient (Wildman–Crippen LogP) is 5.89. The first-order valence-electron chi connectivity index (χ1n) is 9.77. The van der Waals surface area contributed by atoms with Crippen molar-refractivity contribution < 1.29 is 9.84 Å². The summed E-state index contributed by atoms with van der Waals surface area (Å²) < 4.78 is 4.96. The van der Waals surface area contributed by atoms with Gasteiger partial charge >= 0.3 is 0 Å². The first-order chi connectivity index (χ1) is 12.1. The summed E-state index contributed by atoms with van der Waals surface area (Å²) in [5.74, 6) is -0.340. The third kappa shape index (κ3) is 6.89. The normalized spacial score (nSPS) is 11.0. The molecule has 1 rings (SSSR count). The fourth-order valence-corrected chi connectivity index (χ4v) is 8.39. The molecule has 0 saturated heterocycles. The summed E-state index contributed by atoms with van der Waals surface area (Å²) in [4.78, 5) is 0. The Morgan fingerprint density at radius 2 is 1.40 bits per heavy atom. The minimum Gasteiger partial charge on any atom is -0.611 e. The number of benzene rings is 1. The molecule has 1 aromatic carbocycles. The molecule has 0 fully saturated rings. The molecule has 0 aliphatic heterocycles. The van der Waals surface area contributed by atoms with Gasteiger partial charge in [-0.2, -0.15) is 0 Å². The topological polar surface area (TPSA) is 32.3 Å². The molecule has 0 aliphatic carbocycles. The predicted molar refractivity (Wildman–Crippen MR) is 110 cm³/mol. The van der Waals surface area contributed by atoms with Crippen LogP contribution in [0.5, 0.6) is 0 Å². The highest BCUT2D eigenvalue weighted by Gasteiger charge is 2.41. The minimum atomic E-state index is -1.44. The first-order valence-corrected chi connectivity index (χ1v) is 12.1. The lowest BCUT2D eigenvalue weighted by Crippen LogP contribution is -2.12. The van der Waals surface area contributed by atoms with Crippen LogP contribution in [0.2, 0.25) is 0 Å². The van der Waals surface area contributed by atoms with E-state index in [9.17, 15) is 5.11 Å². The lowest BCUT2D eigenvalue weighted by atomic mass is 10.2. The molecule has 0 aliphatic rings. The average Bonchev–Trinajstić information content (AvgIpc) is 2.66. The van der Waals surface area contributed by atoms with Crippen molar-refractivity contribution in [2.75, 3.05) is 25.6 Å². The van der Waals surface area contributed by atoms with E-state index in [1.165, 1.54) is 64.1 Å². The van der Waals surface area contributed by atoms with E-state index in [-0.39, 0.29) is 5.95 Å². The lowest BCUT2D eigenvalue weighted by molar-refractivity contribution is -0.352. The Morgan fingerprint density at radius 3 is 1.80 bits per heavy atom. The fourth-order valence-electron chi connectivity index (χ4n) is 3.26. The summed E-state index contributed by atoms with van der Waals surface area (Å²) in [5, 5.41) is 13.3. The molecule has 0 heterocycles. The van der Waals surface area contributed by atoms with Crippen LogP contribution in [-0.2, 0) is 4.74 Å². The summed E-state index contributed by atoms with van der Waals surface area (Å²) in [7, 11) is 0.00650. The standard InChI is InChI=1S/C22H35O2P/c1-5-8-16-25(17-9-6-2,18-10-7-3)21(19-22(23)24-4)20-14-12-11-13-15-20/h11-15H,5-10,16-18H2,1-4H3. The van der Waals surface area contributed by atoms with Crippen molar-refractivity contribution >= 4 is 12.6 Å². The van der Waals surface area contributed by atoms with Gasteiger partial charge in [-0.05, 0) is 26.4 Å². The van der Waals surface area contributed by atoms with Gasteiger partial charge in [0.25, 0.3) is 0 Å². The van der Waals surface area contributed by atoms with Gasteiger partial charge in [-0.15, -0.1) is 0 Å². The highest BCUT2D eigenvalue weighted by atomic mass is 31.2.